The van der Waals surface area contributed by atoms with Crippen LogP contribution >= 0.6 is 0 Å². The van der Waals surface area contributed by atoms with E-state index < -0.39 is 0 Å². The summed E-state index contributed by atoms with van der Waals surface area (Å²) in [7, 11) is 0. The number of hydrogen-bond donors (Lipinski definition) is 1. The molecule has 2 N–H and O–H groups in total. The summed E-state index contributed by atoms with van der Waals surface area (Å²) in [5.41, 5.74) is 7.81. The lowest BCUT2D eigenvalue weighted by molar-refractivity contribution is 0.329. The van der Waals surface area contributed by atoms with Crippen molar-refractivity contribution in [3.05, 3.63) is 36.4 Å². The van der Waals surface area contributed by atoms with Crippen molar-refractivity contribution >= 4 is 0 Å². The van der Waals surface area contributed by atoms with Crippen LogP contribution < -0.4 is 15.2 Å². The lowest BCUT2D eigenvalue weighted by Crippen LogP contribution is -2.11. The molecule has 0 radical (unpaired) electrons. The molecular weight excluding hydrogens is 254 g/mol. The smallest absolute Gasteiger partial charge is 0.143 e. The second-order valence-electron chi connectivity index (χ2n) is 4.47. The number of hydrogen-bond acceptors (Lipinski definition) is 4. The van der Waals surface area contributed by atoms with E-state index in [1.54, 1.807) is 12.5 Å². The van der Waals surface area contributed by atoms with E-state index in [-0.39, 0.29) is 6.04 Å². The number of ether oxygens (including phenoxy) is 2. The predicted octanol–water partition coefficient (Wildman–Crippen LogP) is 2.69. The molecule has 2 aromatic rings. The average molecular weight is 275 g/mol. The van der Waals surface area contributed by atoms with E-state index in [1.165, 1.54) is 0 Å². The Morgan fingerprint density at radius 2 is 2.00 bits per heavy atom. The SMILES string of the molecule is CCOc1ccc(OCC)c(-n2cncc2[C@@H](C)N)c1. The average Bonchev–Trinajstić information content (AvgIpc) is 2.90. The van der Waals surface area contributed by atoms with Crippen molar-refractivity contribution in [2.45, 2.75) is 26.8 Å². The van der Waals surface area contributed by atoms with Crippen molar-refractivity contribution in [3.8, 4) is 17.2 Å². The molecule has 1 aromatic heterocycles. The van der Waals surface area contributed by atoms with Crippen LogP contribution in [0.5, 0.6) is 11.5 Å². The normalized spacial score (nSPS) is 12.2. The Balaban J connectivity index is 2.50. The van der Waals surface area contributed by atoms with E-state index in [1.807, 2.05) is 43.5 Å². The summed E-state index contributed by atoms with van der Waals surface area (Å²) in [4.78, 5) is 4.18. The minimum Gasteiger partial charge on any atom is -0.494 e. The van der Waals surface area contributed by atoms with Gasteiger partial charge in [-0.1, -0.05) is 0 Å². The van der Waals surface area contributed by atoms with Gasteiger partial charge >= 0.3 is 0 Å². The summed E-state index contributed by atoms with van der Waals surface area (Å²) < 4.78 is 13.2. The van der Waals surface area contributed by atoms with E-state index in [0.29, 0.717) is 13.2 Å². The molecule has 0 amide bonds. The van der Waals surface area contributed by atoms with Crippen LogP contribution in [0.3, 0.4) is 0 Å². The Kier molecular flexibility index (Phi) is 4.63. The van der Waals surface area contributed by atoms with E-state index in [9.17, 15) is 0 Å². The molecule has 0 aliphatic rings. The Labute approximate surface area is 119 Å². The van der Waals surface area contributed by atoms with Gasteiger partial charge in [0.05, 0.1) is 37.1 Å². The number of nitrogens with two attached hydrogens (primary N) is 1. The third-order valence-corrected chi connectivity index (χ3v) is 2.93. The molecule has 1 heterocycles. The van der Waals surface area contributed by atoms with Crippen molar-refractivity contribution in [3.63, 3.8) is 0 Å². The number of nitrogens with zero attached hydrogens (tertiary/aromatic N) is 2. The van der Waals surface area contributed by atoms with Crippen LogP contribution in [-0.4, -0.2) is 22.8 Å². The van der Waals surface area contributed by atoms with Crippen LogP contribution in [0.1, 0.15) is 32.5 Å². The zero-order valence-electron chi connectivity index (χ0n) is 12.2. The van der Waals surface area contributed by atoms with Crippen LogP contribution in [0.4, 0.5) is 0 Å². The van der Waals surface area contributed by atoms with Crippen LogP contribution in [-0.2, 0) is 0 Å². The first-order chi connectivity index (χ1) is 9.67. The van der Waals surface area contributed by atoms with Gasteiger partial charge in [-0.3, -0.25) is 4.57 Å². The molecule has 0 fully saturated rings. The maximum absolute atomic E-state index is 5.98. The summed E-state index contributed by atoms with van der Waals surface area (Å²) >= 11 is 0. The highest BCUT2D eigenvalue weighted by Gasteiger charge is 2.13. The molecule has 0 bridgehead atoms. The molecule has 20 heavy (non-hydrogen) atoms. The Bertz CT molecular complexity index is 564. The summed E-state index contributed by atoms with van der Waals surface area (Å²) in [6, 6.07) is 5.65. The molecule has 0 saturated heterocycles. The fourth-order valence-electron chi connectivity index (χ4n) is 2.06. The third-order valence-electron chi connectivity index (χ3n) is 2.93. The quantitative estimate of drug-likeness (QED) is 0.880. The minimum atomic E-state index is -0.109. The van der Waals surface area contributed by atoms with Gasteiger partial charge in [0.1, 0.15) is 11.5 Å². The molecule has 2 rings (SSSR count). The number of imidazole rings is 1. The van der Waals surface area contributed by atoms with Crippen LogP contribution in [0.15, 0.2) is 30.7 Å². The molecule has 108 valence electrons. The topological polar surface area (TPSA) is 62.3 Å². The van der Waals surface area contributed by atoms with Gasteiger partial charge in [-0.05, 0) is 32.9 Å². The first kappa shape index (κ1) is 14.4. The van der Waals surface area contributed by atoms with Gasteiger partial charge in [-0.2, -0.15) is 0 Å². The fourth-order valence-corrected chi connectivity index (χ4v) is 2.06. The van der Waals surface area contributed by atoms with E-state index in [0.717, 1.165) is 22.9 Å². The van der Waals surface area contributed by atoms with Crippen LogP contribution in [0, 0.1) is 0 Å². The molecule has 5 nitrogen and oxygen atoms in total. The number of aromatic nitrogens is 2. The largest absolute Gasteiger partial charge is 0.494 e. The second kappa shape index (κ2) is 6.43. The lowest BCUT2D eigenvalue weighted by atomic mass is 10.2. The summed E-state index contributed by atoms with van der Waals surface area (Å²) in [6.45, 7) is 7.07. The summed E-state index contributed by atoms with van der Waals surface area (Å²) in [5, 5.41) is 0. The summed E-state index contributed by atoms with van der Waals surface area (Å²) in [5.74, 6) is 1.59. The zero-order valence-corrected chi connectivity index (χ0v) is 12.2. The first-order valence-corrected chi connectivity index (χ1v) is 6.85. The van der Waals surface area contributed by atoms with Crippen molar-refractivity contribution in [2.75, 3.05) is 13.2 Å². The predicted molar refractivity (Wildman–Crippen MR) is 78.5 cm³/mol. The molecule has 5 heteroatoms. The molecule has 0 saturated carbocycles. The van der Waals surface area contributed by atoms with Gasteiger partial charge in [-0.15, -0.1) is 0 Å². The highest BCUT2D eigenvalue weighted by Crippen LogP contribution is 2.30. The standard InChI is InChI=1S/C15H21N3O2/c1-4-19-12-6-7-15(20-5-2)13(8-12)18-10-17-9-14(18)11(3)16/h6-11H,4-5,16H2,1-3H3/t11-/m1/s1. The molecular formula is C15H21N3O2. The molecule has 0 aliphatic heterocycles. The Morgan fingerprint density at radius 3 is 2.65 bits per heavy atom. The van der Waals surface area contributed by atoms with Gasteiger partial charge < -0.3 is 15.2 Å². The Morgan fingerprint density at radius 1 is 1.25 bits per heavy atom. The lowest BCUT2D eigenvalue weighted by Gasteiger charge is -2.16. The highest BCUT2D eigenvalue weighted by molar-refractivity contribution is 5.52. The van der Waals surface area contributed by atoms with Gasteiger partial charge in [-0.25, -0.2) is 4.98 Å². The van der Waals surface area contributed by atoms with E-state index in [2.05, 4.69) is 4.98 Å². The van der Waals surface area contributed by atoms with E-state index >= 15 is 0 Å². The minimum absolute atomic E-state index is 0.109. The molecule has 0 aliphatic carbocycles. The van der Waals surface area contributed by atoms with Gasteiger partial charge in [0, 0.05) is 12.1 Å². The highest BCUT2D eigenvalue weighted by atomic mass is 16.5. The van der Waals surface area contributed by atoms with Gasteiger partial charge in [0.2, 0.25) is 0 Å². The Hall–Kier alpha value is -2.01. The third kappa shape index (κ3) is 2.93. The second-order valence-corrected chi connectivity index (χ2v) is 4.47. The molecule has 0 unspecified atom stereocenters. The molecule has 1 aromatic carbocycles. The van der Waals surface area contributed by atoms with Crippen molar-refractivity contribution in [1.82, 2.24) is 9.55 Å². The number of benzene rings is 1. The maximum atomic E-state index is 5.98. The van der Waals surface area contributed by atoms with Crippen LogP contribution in [0.2, 0.25) is 0 Å². The fraction of sp³-hybridized carbons (Fsp3) is 0.400. The monoisotopic (exact) mass is 275 g/mol. The van der Waals surface area contributed by atoms with Gasteiger partial charge in [0.15, 0.2) is 0 Å². The molecule has 1 atom stereocenters. The van der Waals surface area contributed by atoms with Gasteiger partial charge in [0.25, 0.3) is 0 Å². The van der Waals surface area contributed by atoms with Crippen molar-refractivity contribution < 1.29 is 9.47 Å². The van der Waals surface area contributed by atoms with Crippen molar-refractivity contribution in [1.29, 1.82) is 0 Å². The zero-order chi connectivity index (χ0) is 14.5. The molecule has 0 spiro atoms. The number of rotatable bonds is 6. The maximum Gasteiger partial charge on any atom is 0.143 e. The summed E-state index contributed by atoms with van der Waals surface area (Å²) in [6.07, 6.45) is 3.51. The first-order valence-electron chi connectivity index (χ1n) is 6.85. The van der Waals surface area contributed by atoms with Crippen LogP contribution in [0.25, 0.3) is 5.69 Å². The van der Waals surface area contributed by atoms with E-state index in [4.69, 9.17) is 15.2 Å². The van der Waals surface area contributed by atoms with Crippen molar-refractivity contribution in [2.24, 2.45) is 5.73 Å².